The molecule has 0 aliphatic carbocycles. The molecule has 17 heavy (non-hydrogen) atoms. The second-order valence-electron chi connectivity index (χ2n) is 4.95. The molecule has 0 heterocycles. The Labute approximate surface area is 102 Å². The van der Waals surface area contributed by atoms with Gasteiger partial charge < -0.3 is 4.74 Å². The van der Waals surface area contributed by atoms with Crippen molar-refractivity contribution in [3.8, 4) is 0 Å². The largest absolute Gasteiger partial charge is 0.379 e. The molecule has 0 radical (unpaired) electrons. The van der Waals surface area contributed by atoms with Crippen molar-refractivity contribution in [1.82, 2.24) is 5.43 Å². The van der Waals surface area contributed by atoms with Gasteiger partial charge in [-0.1, -0.05) is 6.07 Å². The van der Waals surface area contributed by atoms with Crippen LogP contribution < -0.4 is 11.3 Å². The lowest BCUT2D eigenvalue weighted by atomic mass is 9.93. The lowest BCUT2D eigenvalue weighted by Gasteiger charge is -2.28. The summed E-state index contributed by atoms with van der Waals surface area (Å²) in [7, 11) is 1.66. The smallest absolute Gasteiger partial charge is 0.123 e. The molecule has 1 aromatic rings. The quantitative estimate of drug-likeness (QED) is 0.614. The zero-order valence-corrected chi connectivity index (χ0v) is 10.9. The fourth-order valence-corrected chi connectivity index (χ4v) is 1.81. The average molecular weight is 240 g/mol. The first-order valence-electron chi connectivity index (χ1n) is 5.66. The molecular formula is C13H21FN2O. The van der Waals surface area contributed by atoms with Gasteiger partial charge in [-0.05, 0) is 50.5 Å². The van der Waals surface area contributed by atoms with Crippen molar-refractivity contribution in [3.63, 3.8) is 0 Å². The van der Waals surface area contributed by atoms with E-state index in [4.69, 9.17) is 10.6 Å². The number of aryl methyl sites for hydroxylation is 1. The topological polar surface area (TPSA) is 47.3 Å². The second kappa shape index (κ2) is 5.58. The zero-order chi connectivity index (χ0) is 13.1. The summed E-state index contributed by atoms with van der Waals surface area (Å²) in [5, 5.41) is 0. The van der Waals surface area contributed by atoms with E-state index >= 15 is 0 Å². The van der Waals surface area contributed by atoms with E-state index < -0.39 is 0 Å². The number of halogens is 1. The van der Waals surface area contributed by atoms with Gasteiger partial charge in [0, 0.05) is 13.2 Å². The Morgan fingerprint density at radius 1 is 1.41 bits per heavy atom. The summed E-state index contributed by atoms with van der Waals surface area (Å²) >= 11 is 0. The van der Waals surface area contributed by atoms with Gasteiger partial charge in [0.25, 0.3) is 0 Å². The molecule has 1 unspecified atom stereocenters. The van der Waals surface area contributed by atoms with Gasteiger partial charge in [0.2, 0.25) is 0 Å². The van der Waals surface area contributed by atoms with E-state index in [1.165, 1.54) is 12.1 Å². The highest BCUT2D eigenvalue weighted by atomic mass is 19.1. The van der Waals surface area contributed by atoms with Crippen molar-refractivity contribution < 1.29 is 9.13 Å². The maximum Gasteiger partial charge on any atom is 0.123 e. The van der Waals surface area contributed by atoms with Crippen LogP contribution in [0.5, 0.6) is 0 Å². The molecule has 0 aliphatic heterocycles. The minimum absolute atomic E-state index is 0.126. The van der Waals surface area contributed by atoms with E-state index in [-0.39, 0.29) is 17.5 Å². The predicted octanol–water partition coefficient (Wildman–Crippen LogP) is 2.45. The number of nitrogens with two attached hydrogens (primary N) is 1. The van der Waals surface area contributed by atoms with E-state index in [0.29, 0.717) is 6.42 Å². The van der Waals surface area contributed by atoms with Gasteiger partial charge in [0.05, 0.1) is 5.60 Å². The first-order valence-corrected chi connectivity index (χ1v) is 5.66. The van der Waals surface area contributed by atoms with Gasteiger partial charge in [-0.3, -0.25) is 11.3 Å². The molecule has 0 saturated carbocycles. The van der Waals surface area contributed by atoms with Crippen LogP contribution in [-0.2, 0) is 4.74 Å². The maximum absolute atomic E-state index is 13.3. The van der Waals surface area contributed by atoms with Gasteiger partial charge in [-0.15, -0.1) is 0 Å². The van der Waals surface area contributed by atoms with E-state index in [1.807, 2.05) is 26.8 Å². The van der Waals surface area contributed by atoms with E-state index in [2.05, 4.69) is 5.43 Å². The molecule has 96 valence electrons. The van der Waals surface area contributed by atoms with Crippen LogP contribution in [-0.4, -0.2) is 12.7 Å². The summed E-state index contributed by atoms with van der Waals surface area (Å²) in [6.07, 6.45) is 0.670. The molecule has 1 aromatic carbocycles. The molecule has 0 aliphatic rings. The number of rotatable bonds is 5. The monoisotopic (exact) mass is 240 g/mol. The number of methoxy groups -OCH3 is 1. The Morgan fingerprint density at radius 2 is 2.06 bits per heavy atom. The predicted molar refractivity (Wildman–Crippen MR) is 66.9 cm³/mol. The Bertz CT molecular complexity index is 359. The van der Waals surface area contributed by atoms with Crippen molar-refractivity contribution >= 4 is 0 Å². The molecule has 0 spiro atoms. The number of hydrogen-bond donors (Lipinski definition) is 2. The lowest BCUT2D eigenvalue weighted by molar-refractivity contribution is 0.00678. The number of ether oxygens (including phenoxy) is 1. The third-order valence-electron chi connectivity index (χ3n) is 2.92. The summed E-state index contributed by atoms with van der Waals surface area (Å²) in [4.78, 5) is 0. The van der Waals surface area contributed by atoms with Crippen LogP contribution in [0.2, 0.25) is 0 Å². The van der Waals surface area contributed by atoms with Crippen LogP contribution in [0.15, 0.2) is 18.2 Å². The highest BCUT2D eigenvalue weighted by molar-refractivity contribution is 5.26. The molecule has 1 atom stereocenters. The molecule has 0 fully saturated rings. The maximum atomic E-state index is 13.3. The van der Waals surface area contributed by atoms with Gasteiger partial charge in [-0.25, -0.2) is 4.39 Å². The summed E-state index contributed by atoms with van der Waals surface area (Å²) in [6.45, 7) is 5.81. The number of nitrogens with one attached hydrogen (secondary N) is 1. The fourth-order valence-electron chi connectivity index (χ4n) is 1.81. The van der Waals surface area contributed by atoms with Crippen molar-refractivity contribution in [2.24, 2.45) is 5.84 Å². The van der Waals surface area contributed by atoms with E-state index in [0.717, 1.165) is 11.1 Å². The first kappa shape index (κ1) is 14.1. The molecule has 0 bridgehead atoms. The summed E-state index contributed by atoms with van der Waals surface area (Å²) in [6, 6.07) is 4.81. The van der Waals surface area contributed by atoms with Crippen LogP contribution in [0.3, 0.4) is 0 Å². The van der Waals surface area contributed by atoms with Crippen LogP contribution in [0.25, 0.3) is 0 Å². The Balaban J connectivity index is 2.93. The first-order chi connectivity index (χ1) is 7.88. The molecule has 0 aromatic heterocycles. The fraction of sp³-hybridized carbons (Fsp3) is 0.538. The normalized spacial score (nSPS) is 13.8. The number of hydrogen-bond acceptors (Lipinski definition) is 3. The zero-order valence-electron chi connectivity index (χ0n) is 10.9. The molecule has 0 amide bonds. The number of benzene rings is 1. The molecule has 4 heteroatoms. The average Bonchev–Trinajstić information content (AvgIpc) is 2.24. The van der Waals surface area contributed by atoms with Crippen molar-refractivity contribution in [2.75, 3.05) is 7.11 Å². The number of hydrazine groups is 1. The van der Waals surface area contributed by atoms with E-state index in [1.54, 1.807) is 7.11 Å². The SMILES string of the molecule is COC(C)(C)CC(NN)c1cc(C)cc(F)c1. The minimum atomic E-state index is -0.308. The standard InChI is InChI=1S/C13H21FN2O/c1-9-5-10(7-11(14)6-9)12(16-15)8-13(2,3)17-4/h5-7,12,16H,8,15H2,1-4H3. The molecule has 3 nitrogen and oxygen atoms in total. The molecule has 0 saturated heterocycles. The van der Waals surface area contributed by atoms with Crippen molar-refractivity contribution in [1.29, 1.82) is 0 Å². The van der Waals surface area contributed by atoms with Gasteiger partial charge in [-0.2, -0.15) is 0 Å². The highest BCUT2D eigenvalue weighted by Crippen LogP contribution is 2.26. The van der Waals surface area contributed by atoms with Gasteiger partial charge >= 0.3 is 0 Å². The molecule has 3 N–H and O–H groups in total. The summed E-state index contributed by atoms with van der Waals surface area (Å²) in [5.74, 6) is 5.30. The van der Waals surface area contributed by atoms with Crippen LogP contribution in [0.4, 0.5) is 4.39 Å². The Hall–Kier alpha value is -0.970. The van der Waals surface area contributed by atoms with Crippen LogP contribution >= 0.6 is 0 Å². The van der Waals surface area contributed by atoms with E-state index in [9.17, 15) is 4.39 Å². The van der Waals surface area contributed by atoms with Gasteiger partial charge in [0.15, 0.2) is 0 Å². The Kier molecular flexibility index (Phi) is 4.62. The molecule has 1 rings (SSSR count). The third kappa shape index (κ3) is 4.07. The van der Waals surface area contributed by atoms with Crippen molar-refractivity contribution in [2.45, 2.75) is 38.8 Å². The second-order valence-corrected chi connectivity index (χ2v) is 4.95. The molecular weight excluding hydrogens is 219 g/mol. The minimum Gasteiger partial charge on any atom is -0.379 e. The lowest BCUT2D eigenvalue weighted by Crippen LogP contribution is -2.35. The van der Waals surface area contributed by atoms with Crippen molar-refractivity contribution in [3.05, 3.63) is 35.1 Å². The highest BCUT2D eigenvalue weighted by Gasteiger charge is 2.23. The van der Waals surface area contributed by atoms with Crippen LogP contribution in [0.1, 0.15) is 37.4 Å². The van der Waals surface area contributed by atoms with Gasteiger partial charge in [0.1, 0.15) is 5.82 Å². The summed E-state index contributed by atoms with van der Waals surface area (Å²) in [5.41, 5.74) is 4.14. The van der Waals surface area contributed by atoms with Crippen LogP contribution in [0, 0.1) is 12.7 Å². The third-order valence-corrected chi connectivity index (χ3v) is 2.92. The Morgan fingerprint density at radius 3 is 2.53 bits per heavy atom. The summed E-state index contributed by atoms with van der Waals surface area (Å²) < 4.78 is 18.7.